The van der Waals surface area contributed by atoms with Gasteiger partial charge in [-0.2, -0.15) is 0 Å². The summed E-state index contributed by atoms with van der Waals surface area (Å²) in [5.41, 5.74) is 1.68. The predicted molar refractivity (Wildman–Crippen MR) is 139 cm³/mol. The largest absolute Gasteiger partial charge is 0.490 e. The van der Waals surface area contributed by atoms with Gasteiger partial charge in [-0.25, -0.2) is 9.69 Å². The average molecular weight is 600 g/mol. The molecular weight excluding hydrogens is 580 g/mol. The maximum absolute atomic E-state index is 13.2. The summed E-state index contributed by atoms with van der Waals surface area (Å²) in [6.07, 6.45) is 1.42. The topological polar surface area (TPSA) is 84.9 Å². The van der Waals surface area contributed by atoms with Gasteiger partial charge in [0.25, 0.3) is 11.8 Å². The minimum Gasteiger partial charge on any atom is -0.490 e. The third-order valence-corrected chi connectivity index (χ3v) is 6.17. The molecule has 3 aromatic rings. The van der Waals surface area contributed by atoms with E-state index in [2.05, 4.69) is 37.2 Å². The van der Waals surface area contributed by atoms with Crippen LogP contribution in [0.4, 0.5) is 10.5 Å². The van der Waals surface area contributed by atoms with E-state index in [1.165, 1.54) is 6.08 Å². The van der Waals surface area contributed by atoms with Gasteiger partial charge in [-0.1, -0.05) is 46.3 Å². The Morgan fingerprint density at radius 1 is 0.943 bits per heavy atom. The highest BCUT2D eigenvalue weighted by Gasteiger charge is 2.36. The number of carbonyl (C=O) groups is 3. The van der Waals surface area contributed by atoms with E-state index >= 15 is 0 Å². The molecule has 35 heavy (non-hydrogen) atoms. The van der Waals surface area contributed by atoms with Crippen molar-refractivity contribution in [3.8, 4) is 11.5 Å². The van der Waals surface area contributed by atoms with Crippen LogP contribution in [-0.4, -0.2) is 24.5 Å². The average Bonchev–Trinajstić information content (AvgIpc) is 2.83. The number of hydrogen-bond donors (Lipinski definition) is 1. The highest BCUT2D eigenvalue weighted by molar-refractivity contribution is 9.10. The number of anilines is 1. The summed E-state index contributed by atoms with van der Waals surface area (Å²) in [5.74, 6) is -0.537. The van der Waals surface area contributed by atoms with Gasteiger partial charge in [-0.15, -0.1) is 0 Å². The van der Waals surface area contributed by atoms with Gasteiger partial charge >= 0.3 is 6.03 Å². The van der Waals surface area contributed by atoms with Crippen LogP contribution in [-0.2, 0) is 16.2 Å². The zero-order valence-electron chi connectivity index (χ0n) is 18.6. The SMILES string of the molecule is CCOc1cc(/C=C2/C(=O)NC(=O)N(c3ccc(Br)cc3)C2=O)cc(Br)c1OCc1ccccc1. The molecule has 0 saturated carbocycles. The van der Waals surface area contributed by atoms with E-state index in [-0.39, 0.29) is 5.57 Å². The van der Waals surface area contributed by atoms with E-state index in [9.17, 15) is 14.4 Å². The van der Waals surface area contributed by atoms with Gasteiger partial charge in [0.15, 0.2) is 11.5 Å². The van der Waals surface area contributed by atoms with Gasteiger partial charge in [0, 0.05) is 4.47 Å². The highest BCUT2D eigenvalue weighted by Crippen LogP contribution is 2.38. The lowest BCUT2D eigenvalue weighted by atomic mass is 10.1. The second-order valence-electron chi connectivity index (χ2n) is 7.47. The molecule has 3 aromatic carbocycles. The second-order valence-corrected chi connectivity index (χ2v) is 9.24. The molecule has 0 spiro atoms. The Hall–Kier alpha value is -3.43. The Morgan fingerprint density at radius 2 is 1.66 bits per heavy atom. The van der Waals surface area contributed by atoms with Crippen molar-refractivity contribution < 1.29 is 23.9 Å². The van der Waals surface area contributed by atoms with Crippen LogP contribution in [0.5, 0.6) is 11.5 Å². The number of benzene rings is 3. The van der Waals surface area contributed by atoms with Crippen molar-refractivity contribution >= 4 is 61.5 Å². The fourth-order valence-electron chi connectivity index (χ4n) is 3.45. The van der Waals surface area contributed by atoms with Crippen molar-refractivity contribution in [1.82, 2.24) is 5.32 Å². The van der Waals surface area contributed by atoms with E-state index in [0.717, 1.165) is 14.9 Å². The molecule has 9 heteroatoms. The molecular formula is C26H20Br2N2O5. The Bertz CT molecular complexity index is 1310. The van der Waals surface area contributed by atoms with Crippen LogP contribution in [0.15, 0.2) is 81.2 Å². The van der Waals surface area contributed by atoms with Crippen molar-refractivity contribution in [2.75, 3.05) is 11.5 Å². The van der Waals surface area contributed by atoms with E-state index in [4.69, 9.17) is 9.47 Å². The molecule has 4 rings (SSSR count). The Balaban J connectivity index is 1.66. The fourth-order valence-corrected chi connectivity index (χ4v) is 4.29. The van der Waals surface area contributed by atoms with E-state index < -0.39 is 17.8 Å². The van der Waals surface area contributed by atoms with Crippen molar-refractivity contribution in [3.05, 3.63) is 92.4 Å². The number of imide groups is 2. The van der Waals surface area contributed by atoms with Gasteiger partial charge in [0.2, 0.25) is 0 Å². The number of barbiturate groups is 1. The molecule has 1 aliphatic heterocycles. The van der Waals surface area contributed by atoms with E-state index in [0.29, 0.717) is 40.4 Å². The normalized spacial score (nSPS) is 14.8. The lowest BCUT2D eigenvalue weighted by molar-refractivity contribution is -0.122. The smallest absolute Gasteiger partial charge is 0.335 e. The van der Waals surface area contributed by atoms with Crippen molar-refractivity contribution in [3.63, 3.8) is 0 Å². The summed E-state index contributed by atoms with van der Waals surface area (Å²) in [7, 11) is 0. The number of nitrogens with one attached hydrogen (secondary N) is 1. The number of amides is 4. The highest BCUT2D eigenvalue weighted by atomic mass is 79.9. The van der Waals surface area contributed by atoms with Gasteiger partial charge in [-0.05, 0) is 76.5 Å². The summed E-state index contributed by atoms with van der Waals surface area (Å²) in [4.78, 5) is 39.0. The summed E-state index contributed by atoms with van der Waals surface area (Å²) in [6.45, 7) is 2.57. The molecule has 7 nitrogen and oxygen atoms in total. The van der Waals surface area contributed by atoms with Crippen LogP contribution in [0.1, 0.15) is 18.1 Å². The minimum absolute atomic E-state index is 0.181. The lowest BCUT2D eigenvalue weighted by Gasteiger charge is -2.26. The monoisotopic (exact) mass is 598 g/mol. The molecule has 0 bridgehead atoms. The molecule has 178 valence electrons. The van der Waals surface area contributed by atoms with Gasteiger partial charge in [0.05, 0.1) is 16.8 Å². The molecule has 1 fully saturated rings. The van der Waals surface area contributed by atoms with Crippen LogP contribution in [0, 0.1) is 0 Å². The fraction of sp³-hybridized carbons (Fsp3) is 0.115. The van der Waals surface area contributed by atoms with Crippen LogP contribution in [0.3, 0.4) is 0 Å². The Labute approximate surface area is 219 Å². The van der Waals surface area contributed by atoms with Gasteiger partial charge < -0.3 is 9.47 Å². The molecule has 0 aromatic heterocycles. The first kappa shape index (κ1) is 24.7. The van der Waals surface area contributed by atoms with Gasteiger partial charge in [-0.3, -0.25) is 14.9 Å². The van der Waals surface area contributed by atoms with E-state index in [1.807, 2.05) is 37.3 Å². The summed E-state index contributed by atoms with van der Waals surface area (Å²) < 4.78 is 13.2. The molecule has 4 amide bonds. The molecule has 0 aliphatic carbocycles. The molecule has 1 saturated heterocycles. The summed E-state index contributed by atoms with van der Waals surface area (Å²) in [6, 6.07) is 18.9. The zero-order valence-corrected chi connectivity index (χ0v) is 21.8. The molecule has 0 unspecified atom stereocenters. The van der Waals surface area contributed by atoms with Gasteiger partial charge in [0.1, 0.15) is 12.2 Å². The number of hydrogen-bond acceptors (Lipinski definition) is 5. The maximum Gasteiger partial charge on any atom is 0.335 e. The number of nitrogens with zero attached hydrogens (tertiary/aromatic N) is 1. The molecule has 1 aliphatic rings. The zero-order chi connectivity index (χ0) is 24.9. The first-order chi connectivity index (χ1) is 16.9. The van der Waals surface area contributed by atoms with Crippen molar-refractivity contribution in [2.24, 2.45) is 0 Å². The van der Waals surface area contributed by atoms with E-state index in [1.54, 1.807) is 36.4 Å². The van der Waals surface area contributed by atoms with Crippen molar-refractivity contribution in [1.29, 1.82) is 0 Å². The van der Waals surface area contributed by atoms with Crippen LogP contribution in [0.2, 0.25) is 0 Å². The molecule has 0 radical (unpaired) electrons. The van der Waals surface area contributed by atoms with Crippen LogP contribution in [0.25, 0.3) is 6.08 Å². The molecule has 1 N–H and O–H groups in total. The second kappa shape index (κ2) is 10.9. The molecule has 1 heterocycles. The minimum atomic E-state index is -0.805. The summed E-state index contributed by atoms with van der Waals surface area (Å²) >= 11 is 6.84. The standard InChI is InChI=1S/C26H20Br2N2O5/c1-2-34-22-14-17(13-21(28)23(22)35-15-16-6-4-3-5-7-16)12-20-24(31)29-26(33)30(25(20)32)19-10-8-18(27)9-11-19/h3-14H,2,15H2,1H3,(H,29,31,33)/b20-12-. The maximum atomic E-state index is 13.2. The third kappa shape index (κ3) is 5.63. The lowest BCUT2D eigenvalue weighted by Crippen LogP contribution is -2.54. The summed E-state index contributed by atoms with van der Waals surface area (Å²) in [5, 5.41) is 2.23. The number of carbonyl (C=O) groups excluding carboxylic acids is 3. The number of ether oxygens (including phenoxy) is 2. The third-order valence-electron chi connectivity index (χ3n) is 5.06. The number of rotatable bonds is 7. The Morgan fingerprint density at radius 3 is 2.34 bits per heavy atom. The van der Waals surface area contributed by atoms with Crippen LogP contribution >= 0.6 is 31.9 Å². The number of urea groups is 1. The first-order valence-corrected chi connectivity index (χ1v) is 12.3. The Kier molecular flexibility index (Phi) is 7.67. The molecule has 0 atom stereocenters. The quantitative estimate of drug-likeness (QED) is 0.272. The first-order valence-electron chi connectivity index (χ1n) is 10.7. The van der Waals surface area contributed by atoms with Crippen molar-refractivity contribution in [2.45, 2.75) is 13.5 Å². The van der Waals surface area contributed by atoms with Crippen LogP contribution < -0.4 is 19.7 Å². The number of halogens is 2. The predicted octanol–water partition coefficient (Wildman–Crippen LogP) is 5.86.